The lowest BCUT2D eigenvalue weighted by Crippen LogP contribution is -2.56. The van der Waals surface area contributed by atoms with Crippen molar-refractivity contribution in [2.24, 2.45) is 0 Å². The first kappa shape index (κ1) is 25.6. The van der Waals surface area contributed by atoms with Gasteiger partial charge >= 0.3 is 5.63 Å². The van der Waals surface area contributed by atoms with Gasteiger partial charge in [-0.2, -0.15) is 0 Å². The van der Waals surface area contributed by atoms with E-state index in [1.165, 1.54) is 25.3 Å². The maximum Gasteiger partial charge on any atom is 0.336 e. The van der Waals surface area contributed by atoms with E-state index in [0.717, 1.165) is 5.69 Å². The van der Waals surface area contributed by atoms with E-state index in [9.17, 15) is 29.6 Å². The number of ether oxygens (including phenoxy) is 1. The van der Waals surface area contributed by atoms with Crippen LogP contribution in [0.25, 0.3) is 11.0 Å². The number of nitrogens with zero attached hydrogens (tertiary/aromatic N) is 3. The molecular formula is C25H26N4O8. The molecule has 1 aliphatic heterocycles. The molecule has 0 radical (unpaired) electrons. The topological polar surface area (TPSA) is 155 Å². The van der Waals surface area contributed by atoms with E-state index in [1.807, 2.05) is 4.90 Å². The summed E-state index contributed by atoms with van der Waals surface area (Å²) in [6, 6.07) is 11.2. The number of methoxy groups -OCH3 is 1. The summed E-state index contributed by atoms with van der Waals surface area (Å²) in [6.07, 6.45) is -0.188. The maximum atomic E-state index is 13.0. The fourth-order valence-corrected chi connectivity index (χ4v) is 4.28. The number of rotatable bonds is 8. The number of non-ortho nitro benzene ring substituents is 1. The van der Waals surface area contributed by atoms with Crippen LogP contribution in [-0.2, 0) is 16.0 Å². The van der Waals surface area contributed by atoms with Gasteiger partial charge in [-0.1, -0.05) is 0 Å². The lowest BCUT2D eigenvalue weighted by Gasteiger charge is -2.37. The minimum absolute atomic E-state index is 0.00295. The lowest BCUT2D eigenvalue weighted by molar-refractivity contribution is -0.384. The molecule has 0 saturated carbocycles. The monoisotopic (exact) mass is 510 g/mol. The van der Waals surface area contributed by atoms with E-state index >= 15 is 0 Å². The largest absolute Gasteiger partial charge is 0.497 e. The molecule has 2 heterocycles. The van der Waals surface area contributed by atoms with Crippen molar-refractivity contribution in [1.29, 1.82) is 0 Å². The first-order valence-electron chi connectivity index (χ1n) is 11.6. The quantitative estimate of drug-likeness (QED) is 0.257. The Balaban J connectivity index is 1.37. The number of hydrogen-bond donors (Lipinski definition) is 2. The minimum atomic E-state index is -1.13. The van der Waals surface area contributed by atoms with Gasteiger partial charge in [-0.25, -0.2) is 4.79 Å². The summed E-state index contributed by atoms with van der Waals surface area (Å²) in [4.78, 5) is 51.7. The second kappa shape index (κ2) is 11.1. The molecule has 0 spiro atoms. The van der Waals surface area contributed by atoms with Gasteiger partial charge in [-0.15, -0.1) is 0 Å². The average molecular weight is 511 g/mol. The number of piperazine rings is 1. The molecule has 194 valence electrons. The highest BCUT2D eigenvalue weighted by Gasteiger charge is 2.28. The predicted molar refractivity (Wildman–Crippen MR) is 134 cm³/mol. The number of nitro groups is 1. The first-order valence-corrected chi connectivity index (χ1v) is 11.6. The molecule has 2 aromatic carbocycles. The number of anilines is 1. The van der Waals surface area contributed by atoms with Gasteiger partial charge < -0.3 is 29.4 Å². The summed E-state index contributed by atoms with van der Waals surface area (Å²) >= 11 is 0. The van der Waals surface area contributed by atoms with Crippen molar-refractivity contribution < 1.29 is 28.8 Å². The summed E-state index contributed by atoms with van der Waals surface area (Å²) in [5.41, 5.74) is 0.886. The average Bonchev–Trinajstić information content (AvgIpc) is 2.91. The summed E-state index contributed by atoms with van der Waals surface area (Å²) in [7, 11) is 1.48. The fourth-order valence-electron chi connectivity index (χ4n) is 4.28. The molecule has 0 bridgehead atoms. The van der Waals surface area contributed by atoms with Crippen LogP contribution in [0.2, 0.25) is 0 Å². The Bertz CT molecular complexity index is 1360. The number of carbonyl (C=O) groups excluding carboxylic acids is 2. The highest BCUT2D eigenvalue weighted by atomic mass is 16.6. The Morgan fingerprint density at radius 2 is 1.84 bits per heavy atom. The molecule has 1 unspecified atom stereocenters. The highest BCUT2D eigenvalue weighted by molar-refractivity contribution is 5.91. The molecule has 3 aromatic rings. The smallest absolute Gasteiger partial charge is 0.336 e. The van der Waals surface area contributed by atoms with Gasteiger partial charge in [-0.3, -0.25) is 19.7 Å². The van der Waals surface area contributed by atoms with E-state index in [4.69, 9.17) is 9.15 Å². The number of hydrogen-bond acceptors (Lipinski definition) is 9. The normalized spacial score (nSPS) is 14.3. The van der Waals surface area contributed by atoms with Gasteiger partial charge in [0.2, 0.25) is 11.8 Å². The maximum absolute atomic E-state index is 13.0. The summed E-state index contributed by atoms with van der Waals surface area (Å²) in [5.74, 6) is -0.446. The highest BCUT2D eigenvalue weighted by Crippen LogP contribution is 2.23. The molecule has 1 aliphatic rings. The third-order valence-electron chi connectivity index (χ3n) is 6.22. The van der Waals surface area contributed by atoms with Crippen LogP contribution in [-0.4, -0.2) is 72.7 Å². The van der Waals surface area contributed by atoms with Gasteiger partial charge in [-0.05, 0) is 29.8 Å². The van der Waals surface area contributed by atoms with Crippen LogP contribution in [0.4, 0.5) is 11.4 Å². The van der Waals surface area contributed by atoms with Crippen molar-refractivity contribution in [1.82, 2.24) is 10.2 Å². The van der Waals surface area contributed by atoms with Crippen molar-refractivity contribution in [3.8, 4) is 5.75 Å². The van der Waals surface area contributed by atoms with Gasteiger partial charge in [0.15, 0.2) is 0 Å². The third kappa shape index (κ3) is 5.86. The molecule has 0 aliphatic carbocycles. The molecule has 2 N–H and O–H groups in total. The SMILES string of the molecule is COc1ccc2c(CC(=O)NC(CO)C(=O)N3CCN(c4ccc([N+](=O)[O-])cc4)CC3)cc(=O)oc2c1. The van der Waals surface area contributed by atoms with E-state index in [-0.39, 0.29) is 17.7 Å². The van der Waals surface area contributed by atoms with Gasteiger partial charge in [0.1, 0.15) is 17.4 Å². The molecule has 4 rings (SSSR count). The van der Waals surface area contributed by atoms with Crippen LogP contribution in [0.1, 0.15) is 5.56 Å². The summed E-state index contributed by atoms with van der Waals surface area (Å²) in [6.45, 7) is 1.11. The first-order chi connectivity index (χ1) is 17.8. The van der Waals surface area contributed by atoms with Crippen LogP contribution in [0.15, 0.2) is 57.7 Å². The number of amides is 2. The van der Waals surface area contributed by atoms with E-state index in [1.54, 1.807) is 35.2 Å². The molecular weight excluding hydrogens is 484 g/mol. The molecule has 12 nitrogen and oxygen atoms in total. The van der Waals surface area contributed by atoms with E-state index in [0.29, 0.717) is 42.9 Å². The van der Waals surface area contributed by atoms with Crippen LogP contribution in [0, 0.1) is 10.1 Å². The Morgan fingerprint density at radius 1 is 1.14 bits per heavy atom. The zero-order valence-electron chi connectivity index (χ0n) is 20.1. The van der Waals surface area contributed by atoms with Gasteiger partial charge in [0.05, 0.1) is 25.1 Å². The van der Waals surface area contributed by atoms with E-state index < -0.39 is 35.0 Å². The fraction of sp³-hybridized carbons (Fsp3) is 0.320. The van der Waals surface area contributed by atoms with E-state index in [2.05, 4.69) is 5.32 Å². The van der Waals surface area contributed by atoms with Crippen LogP contribution in [0.3, 0.4) is 0 Å². The van der Waals surface area contributed by atoms with Crippen LogP contribution >= 0.6 is 0 Å². The number of fused-ring (bicyclic) bond motifs is 1. The Kier molecular flexibility index (Phi) is 7.68. The molecule has 1 saturated heterocycles. The standard InChI is InChI=1S/C25H26N4O8/c1-36-19-6-7-20-16(13-24(32)37-22(20)14-19)12-23(31)26-21(15-30)25(33)28-10-8-27(9-11-28)17-2-4-18(5-3-17)29(34)35/h2-7,13-14,21,30H,8-12,15H2,1H3,(H,26,31). The Morgan fingerprint density at radius 3 is 2.46 bits per heavy atom. The summed E-state index contributed by atoms with van der Waals surface area (Å²) in [5, 5.41) is 23.8. The molecule has 1 fully saturated rings. The minimum Gasteiger partial charge on any atom is -0.497 e. The van der Waals surface area contributed by atoms with Crippen LogP contribution in [0.5, 0.6) is 5.75 Å². The number of nitro benzene ring substituents is 1. The number of carbonyl (C=O) groups is 2. The Hall–Kier alpha value is -4.45. The molecule has 1 aromatic heterocycles. The number of aliphatic hydroxyl groups excluding tert-OH is 1. The third-order valence-corrected chi connectivity index (χ3v) is 6.22. The second-order valence-corrected chi connectivity index (χ2v) is 8.52. The molecule has 1 atom stereocenters. The predicted octanol–water partition coefficient (Wildman–Crippen LogP) is 1.08. The van der Waals surface area contributed by atoms with Crippen molar-refractivity contribution in [3.63, 3.8) is 0 Å². The van der Waals surface area contributed by atoms with Gasteiger partial charge in [0, 0.05) is 61.5 Å². The van der Waals surface area contributed by atoms with Crippen molar-refractivity contribution in [3.05, 3.63) is 74.6 Å². The number of benzene rings is 2. The molecule has 12 heteroatoms. The molecule has 2 amide bonds. The zero-order chi connectivity index (χ0) is 26.5. The van der Waals surface area contributed by atoms with Crippen molar-refractivity contribution in [2.45, 2.75) is 12.5 Å². The number of nitrogens with one attached hydrogen (secondary N) is 1. The zero-order valence-corrected chi connectivity index (χ0v) is 20.1. The van der Waals surface area contributed by atoms with Crippen molar-refractivity contribution >= 4 is 34.2 Å². The van der Waals surface area contributed by atoms with Crippen molar-refractivity contribution in [2.75, 3.05) is 44.8 Å². The number of aliphatic hydroxyl groups is 1. The summed E-state index contributed by atoms with van der Waals surface area (Å²) < 4.78 is 10.3. The lowest BCUT2D eigenvalue weighted by atomic mass is 10.1. The van der Waals surface area contributed by atoms with Crippen LogP contribution < -0.4 is 20.6 Å². The molecule has 37 heavy (non-hydrogen) atoms. The Labute approximate surface area is 211 Å². The second-order valence-electron chi connectivity index (χ2n) is 8.52. The van der Waals surface area contributed by atoms with Gasteiger partial charge in [0.25, 0.3) is 5.69 Å².